The molecule has 3 heteroatoms. The number of nitrogens with one attached hydrogen (secondary N) is 1. The minimum Gasteiger partial charge on any atom is -0.497 e. The van der Waals surface area contributed by atoms with Crippen molar-refractivity contribution in [2.45, 2.75) is 32.2 Å². The van der Waals surface area contributed by atoms with Crippen LogP contribution >= 0.6 is 0 Å². The van der Waals surface area contributed by atoms with E-state index >= 15 is 0 Å². The summed E-state index contributed by atoms with van der Waals surface area (Å²) in [5.41, 5.74) is 0. The highest BCUT2D eigenvalue weighted by molar-refractivity contribution is 5.31. The number of benzene rings is 1. The van der Waals surface area contributed by atoms with Crippen molar-refractivity contribution in [1.29, 1.82) is 0 Å². The second-order valence-electron chi connectivity index (χ2n) is 4.96. The summed E-state index contributed by atoms with van der Waals surface area (Å²) in [7, 11) is 1.67. The predicted octanol–water partition coefficient (Wildman–Crippen LogP) is 2.85. The first-order valence-electron chi connectivity index (χ1n) is 6.80. The molecule has 1 aromatic carbocycles. The van der Waals surface area contributed by atoms with Crippen molar-refractivity contribution < 1.29 is 9.47 Å². The first-order chi connectivity index (χ1) is 8.79. The summed E-state index contributed by atoms with van der Waals surface area (Å²) >= 11 is 0. The van der Waals surface area contributed by atoms with E-state index in [1.165, 1.54) is 19.3 Å². The molecule has 3 nitrogen and oxygen atoms in total. The summed E-state index contributed by atoms with van der Waals surface area (Å²) in [6.07, 6.45) is 4.17. The van der Waals surface area contributed by atoms with Gasteiger partial charge < -0.3 is 14.8 Å². The summed E-state index contributed by atoms with van der Waals surface area (Å²) in [5, 5.41) is 3.53. The van der Waals surface area contributed by atoms with E-state index < -0.39 is 0 Å². The topological polar surface area (TPSA) is 30.5 Å². The van der Waals surface area contributed by atoms with Gasteiger partial charge in [-0.1, -0.05) is 6.42 Å². The fraction of sp³-hybridized carbons (Fsp3) is 0.600. The van der Waals surface area contributed by atoms with E-state index in [1.807, 2.05) is 24.3 Å². The van der Waals surface area contributed by atoms with Crippen molar-refractivity contribution in [1.82, 2.24) is 5.32 Å². The van der Waals surface area contributed by atoms with Gasteiger partial charge in [0.2, 0.25) is 0 Å². The van der Waals surface area contributed by atoms with Gasteiger partial charge in [0.25, 0.3) is 0 Å². The number of hydrogen-bond donors (Lipinski definition) is 1. The summed E-state index contributed by atoms with van der Waals surface area (Å²) in [5.74, 6) is 2.64. The molecule has 1 unspecified atom stereocenters. The fourth-order valence-corrected chi connectivity index (χ4v) is 2.23. The second-order valence-corrected chi connectivity index (χ2v) is 4.96. The number of methoxy groups -OCH3 is 1. The Morgan fingerprint density at radius 3 is 2.44 bits per heavy atom. The lowest BCUT2D eigenvalue weighted by atomic mass is 9.80. The Bertz CT molecular complexity index is 346. The SMILES string of the molecule is COc1ccc(OCCNC(C)C2CCC2)cc1. The molecule has 1 saturated carbocycles. The van der Waals surface area contributed by atoms with Crippen LogP contribution in [-0.4, -0.2) is 26.3 Å². The van der Waals surface area contributed by atoms with E-state index in [1.54, 1.807) is 7.11 Å². The smallest absolute Gasteiger partial charge is 0.119 e. The zero-order valence-corrected chi connectivity index (χ0v) is 11.3. The molecule has 0 heterocycles. The third-order valence-electron chi connectivity index (χ3n) is 3.75. The van der Waals surface area contributed by atoms with Gasteiger partial charge in [-0.05, 0) is 49.9 Å². The lowest BCUT2D eigenvalue weighted by Crippen LogP contribution is -2.39. The van der Waals surface area contributed by atoms with Gasteiger partial charge in [-0.25, -0.2) is 0 Å². The van der Waals surface area contributed by atoms with E-state index in [0.29, 0.717) is 12.6 Å². The molecule has 1 aromatic rings. The van der Waals surface area contributed by atoms with Gasteiger partial charge in [0, 0.05) is 12.6 Å². The molecule has 1 N–H and O–H groups in total. The van der Waals surface area contributed by atoms with Crippen LogP contribution in [0.3, 0.4) is 0 Å². The number of ether oxygens (including phenoxy) is 2. The molecule has 100 valence electrons. The average molecular weight is 249 g/mol. The molecule has 1 atom stereocenters. The monoisotopic (exact) mass is 249 g/mol. The van der Waals surface area contributed by atoms with E-state index in [2.05, 4.69) is 12.2 Å². The number of hydrogen-bond acceptors (Lipinski definition) is 3. The van der Waals surface area contributed by atoms with Crippen molar-refractivity contribution >= 4 is 0 Å². The molecular weight excluding hydrogens is 226 g/mol. The minimum absolute atomic E-state index is 0.623. The van der Waals surface area contributed by atoms with Crippen LogP contribution in [-0.2, 0) is 0 Å². The Morgan fingerprint density at radius 1 is 1.22 bits per heavy atom. The van der Waals surface area contributed by atoms with Gasteiger partial charge in [-0.3, -0.25) is 0 Å². The molecular formula is C15H23NO2. The van der Waals surface area contributed by atoms with Gasteiger partial charge in [0.05, 0.1) is 7.11 Å². The van der Waals surface area contributed by atoms with E-state index in [4.69, 9.17) is 9.47 Å². The Morgan fingerprint density at radius 2 is 1.89 bits per heavy atom. The highest BCUT2D eigenvalue weighted by atomic mass is 16.5. The van der Waals surface area contributed by atoms with Crippen LogP contribution in [0, 0.1) is 5.92 Å². The van der Waals surface area contributed by atoms with Crippen molar-refractivity contribution in [3.05, 3.63) is 24.3 Å². The van der Waals surface area contributed by atoms with Gasteiger partial charge in [-0.2, -0.15) is 0 Å². The largest absolute Gasteiger partial charge is 0.497 e. The number of rotatable bonds is 7. The highest BCUT2D eigenvalue weighted by Crippen LogP contribution is 2.29. The molecule has 2 rings (SSSR count). The molecule has 0 saturated heterocycles. The predicted molar refractivity (Wildman–Crippen MR) is 73.3 cm³/mol. The lowest BCUT2D eigenvalue weighted by Gasteiger charge is -2.32. The summed E-state index contributed by atoms with van der Waals surface area (Å²) in [6.45, 7) is 3.89. The maximum atomic E-state index is 5.67. The molecule has 0 aliphatic heterocycles. The van der Waals surface area contributed by atoms with Crippen LogP contribution in [0.15, 0.2) is 24.3 Å². The molecule has 18 heavy (non-hydrogen) atoms. The average Bonchev–Trinajstić information content (AvgIpc) is 2.33. The van der Waals surface area contributed by atoms with Gasteiger partial charge in [0.15, 0.2) is 0 Å². The molecule has 0 aromatic heterocycles. The lowest BCUT2D eigenvalue weighted by molar-refractivity contribution is 0.226. The highest BCUT2D eigenvalue weighted by Gasteiger charge is 2.22. The first kappa shape index (κ1) is 13.2. The van der Waals surface area contributed by atoms with Crippen LogP contribution in [0.2, 0.25) is 0 Å². The Labute approximate surface area is 109 Å². The maximum Gasteiger partial charge on any atom is 0.119 e. The zero-order valence-electron chi connectivity index (χ0n) is 11.3. The van der Waals surface area contributed by atoms with E-state index in [-0.39, 0.29) is 0 Å². The first-order valence-corrected chi connectivity index (χ1v) is 6.80. The van der Waals surface area contributed by atoms with Gasteiger partial charge in [0.1, 0.15) is 18.1 Å². The van der Waals surface area contributed by atoms with Crippen molar-refractivity contribution in [2.24, 2.45) is 5.92 Å². The Balaban J connectivity index is 1.62. The van der Waals surface area contributed by atoms with Crippen LogP contribution < -0.4 is 14.8 Å². The third kappa shape index (κ3) is 3.64. The van der Waals surface area contributed by atoms with E-state index in [0.717, 1.165) is 24.0 Å². The maximum absolute atomic E-state index is 5.67. The zero-order chi connectivity index (χ0) is 12.8. The molecule has 1 aliphatic carbocycles. The Hall–Kier alpha value is -1.22. The van der Waals surface area contributed by atoms with Crippen LogP contribution in [0.5, 0.6) is 11.5 Å². The van der Waals surface area contributed by atoms with Crippen LogP contribution in [0.4, 0.5) is 0 Å². The molecule has 0 amide bonds. The normalized spacial score (nSPS) is 17.0. The second kappa shape index (κ2) is 6.64. The third-order valence-corrected chi connectivity index (χ3v) is 3.75. The minimum atomic E-state index is 0.623. The van der Waals surface area contributed by atoms with Crippen molar-refractivity contribution in [3.63, 3.8) is 0 Å². The van der Waals surface area contributed by atoms with Gasteiger partial charge in [-0.15, -0.1) is 0 Å². The van der Waals surface area contributed by atoms with Crippen LogP contribution in [0.25, 0.3) is 0 Å². The summed E-state index contributed by atoms with van der Waals surface area (Å²) in [4.78, 5) is 0. The van der Waals surface area contributed by atoms with E-state index in [9.17, 15) is 0 Å². The van der Waals surface area contributed by atoms with Crippen molar-refractivity contribution in [3.8, 4) is 11.5 Å². The molecule has 0 radical (unpaired) electrons. The van der Waals surface area contributed by atoms with Crippen LogP contribution in [0.1, 0.15) is 26.2 Å². The molecule has 1 aliphatic rings. The fourth-order valence-electron chi connectivity index (χ4n) is 2.23. The van der Waals surface area contributed by atoms with Gasteiger partial charge >= 0.3 is 0 Å². The quantitative estimate of drug-likeness (QED) is 0.754. The molecule has 1 fully saturated rings. The van der Waals surface area contributed by atoms with Crippen molar-refractivity contribution in [2.75, 3.05) is 20.3 Å². The Kier molecular flexibility index (Phi) is 4.88. The summed E-state index contributed by atoms with van der Waals surface area (Å²) in [6, 6.07) is 8.33. The summed E-state index contributed by atoms with van der Waals surface area (Å²) < 4.78 is 10.8. The molecule has 0 bridgehead atoms. The standard InChI is InChI=1S/C15H23NO2/c1-12(13-4-3-5-13)16-10-11-18-15-8-6-14(17-2)7-9-15/h6-9,12-13,16H,3-5,10-11H2,1-2H3. The molecule has 0 spiro atoms.